The van der Waals surface area contributed by atoms with Crippen LogP contribution in [0.4, 0.5) is 5.69 Å². The fourth-order valence-corrected chi connectivity index (χ4v) is 2.31. The first kappa shape index (κ1) is 15.5. The predicted molar refractivity (Wildman–Crippen MR) is 79.9 cm³/mol. The Morgan fingerprint density at radius 3 is 2.67 bits per heavy atom. The van der Waals surface area contributed by atoms with Crippen molar-refractivity contribution in [1.82, 2.24) is 0 Å². The van der Waals surface area contributed by atoms with Crippen molar-refractivity contribution in [3.8, 4) is 0 Å². The Bertz CT molecular complexity index is 399. The van der Waals surface area contributed by atoms with E-state index in [9.17, 15) is 4.79 Å². The molecule has 1 amide bonds. The molecule has 0 aromatic heterocycles. The summed E-state index contributed by atoms with van der Waals surface area (Å²) in [5.74, 6) is 0.00645. The maximum atomic E-state index is 11.7. The molecule has 1 aromatic carbocycles. The van der Waals surface area contributed by atoms with Gasteiger partial charge in [-0.15, -0.1) is 0 Å². The molecule has 100 valence electrons. The molecule has 0 bridgehead atoms. The summed E-state index contributed by atoms with van der Waals surface area (Å²) >= 11 is 9.34. The fraction of sp³-hybridized carbons (Fsp3) is 0.462. The van der Waals surface area contributed by atoms with Crippen molar-refractivity contribution in [1.29, 1.82) is 0 Å². The molecule has 1 aromatic rings. The zero-order valence-corrected chi connectivity index (χ0v) is 12.6. The molecule has 3 N–H and O–H groups in total. The third-order valence-electron chi connectivity index (χ3n) is 2.56. The number of benzene rings is 1. The zero-order valence-electron chi connectivity index (χ0n) is 10.2. The summed E-state index contributed by atoms with van der Waals surface area (Å²) in [7, 11) is 0. The number of halogens is 2. The molecular formula is C13H18BrClN2O. The largest absolute Gasteiger partial charge is 0.330 e. The van der Waals surface area contributed by atoms with Crippen LogP contribution >= 0.6 is 27.5 Å². The van der Waals surface area contributed by atoms with Crippen LogP contribution in [0.2, 0.25) is 5.02 Å². The summed E-state index contributed by atoms with van der Waals surface area (Å²) in [6.07, 6.45) is 4.57. The predicted octanol–water partition coefficient (Wildman–Crippen LogP) is 3.95. The summed E-state index contributed by atoms with van der Waals surface area (Å²) in [5.41, 5.74) is 6.06. The zero-order chi connectivity index (χ0) is 13.4. The van der Waals surface area contributed by atoms with Crippen LogP contribution in [-0.2, 0) is 4.79 Å². The van der Waals surface area contributed by atoms with Crippen LogP contribution in [-0.4, -0.2) is 12.5 Å². The second-order valence-electron chi connectivity index (χ2n) is 4.13. The summed E-state index contributed by atoms with van der Waals surface area (Å²) < 4.78 is 0.896. The van der Waals surface area contributed by atoms with Gasteiger partial charge in [-0.25, -0.2) is 0 Å². The van der Waals surface area contributed by atoms with E-state index in [2.05, 4.69) is 21.2 Å². The van der Waals surface area contributed by atoms with Gasteiger partial charge in [0.2, 0.25) is 5.91 Å². The molecule has 1 rings (SSSR count). The minimum absolute atomic E-state index is 0.00645. The van der Waals surface area contributed by atoms with E-state index in [1.807, 2.05) is 6.07 Å². The number of rotatable bonds is 7. The molecule has 0 aliphatic heterocycles. The number of amides is 1. The lowest BCUT2D eigenvalue weighted by Gasteiger charge is -2.07. The van der Waals surface area contributed by atoms with Crippen LogP contribution in [0.5, 0.6) is 0 Å². The molecule has 0 aliphatic carbocycles. The Hall–Kier alpha value is -0.580. The van der Waals surface area contributed by atoms with Crippen molar-refractivity contribution < 1.29 is 4.79 Å². The number of anilines is 1. The van der Waals surface area contributed by atoms with Gasteiger partial charge in [-0.3, -0.25) is 4.79 Å². The van der Waals surface area contributed by atoms with Gasteiger partial charge in [0.15, 0.2) is 0 Å². The van der Waals surface area contributed by atoms with Crippen LogP contribution in [0.15, 0.2) is 22.7 Å². The monoisotopic (exact) mass is 332 g/mol. The molecule has 0 spiro atoms. The van der Waals surface area contributed by atoms with E-state index in [0.717, 1.165) is 36.7 Å². The topological polar surface area (TPSA) is 55.1 Å². The molecule has 0 aliphatic rings. The molecule has 0 saturated heterocycles. The van der Waals surface area contributed by atoms with E-state index in [4.69, 9.17) is 17.3 Å². The molecule has 0 saturated carbocycles. The average molecular weight is 334 g/mol. The molecule has 18 heavy (non-hydrogen) atoms. The Kier molecular flexibility index (Phi) is 7.32. The maximum Gasteiger partial charge on any atom is 0.224 e. The van der Waals surface area contributed by atoms with Crippen molar-refractivity contribution in [2.75, 3.05) is 11.9 Å². The van der Waals surface area contributed by atoms with Gasteiger partial charge in [-0.1, -0.05) is 40.4 Å². The summed E-state index contributed by atoms with van der Waals surface area (Å²) in [6.45, 7) is 0.723. The number of carbonyl (C=O) groups excluding carboxylic acids is 1. The molecule has 0 unspecified atom stereocenters. The highest BCUT2D eigenvalue weighted by molar-refractivity contribution is 9.10. The van der Waals surface area contributed by atoms with Gasteiger partial charge in [0.25, 0.3) is 0 Å². The average Bonchev–Trinajstić information content (AvgIpc) is 2.32. The van der Waals surface area contributed by atoms with Gasteiger partial charge in [-0.05, 0) is 37.6 Å². The third-order valence-corrected chi connectivity index (χ3v) is 3.37. The second kappa shape index (κ2) is 8.51. The van der Waals surface area contributed by atoms with Crippen LogP contribution in [0.25, 0.3) is 0 Å². The van der Waals surface area contributed by atoms with Gasteiger partial charge in [0.05, 0.1) is 10.7 Å². The Morgan fingerprint density at radius 2 is 2.00 bits per heavy atom. The van der Waals surface area contributed by atoms with E-state index in [0.29, 0.717) is 17.1 Å². The highest BCUT2D eigenvalue weighted by atomic mass is 79.9. The van der Waals surface area contributed by atoms with E-state index < -0.39 is 0 Å². The smallest absolute Gasteiger partial charge is 0.224 e. The minimum Gasteiger partial charge on any atom is -0.330 e. The van der Waals surface area contributed by atoms with E-state index in [1.54, 1.807) is 12.1 Å². The molecule has 0 fully saturated rings. The van der Waals surface area contributed by atoms with Crippen molar-refractivity contribution >= 4 is 39.1 Å². The third kappa shape index (κ3) is 5.85. The highest BCUT2D eigenvalue weighted by Gasteiger charge is 2.05. The first-order chi connectivity index (χ1) is 8.63. The van der Waals surface area contributed by atoms with Crippen LogP contribution in [0.3, 0.4) is 0 Å². The number of unbranched alkanes of at least 4 members (excludes halogenated alkanes) is 3. The number of hydrogen-bond donors (Lipinski definition) is 2. The van der Waals surface area contributed by atoms with Gasteiger partial charge in [0.1, 0.15) is 0 Å². The molecule has 3 nitrogen and oxygen atoms in total. The fourth-order valence-electron chi connectivity index (χ4n) is 1.59. The second-order valence-corrected chi connectivity index (χ2v) is 5.45. The Labute approximate surface area is 121 Å². The van der Waals surface area contributed by atoms with Crippen molar-refractivity contribution in [3.63, 3.8) is 0 Å². The van der Waals surface area contributed by atoms with Gasteiger partial charge in [0, 0.05) is 10.9 Å². The highest BCUT2D eigenvalue weighted by Crippen LogP contribution is 2.25. The number of hydrogen-bond acceptors (Lipinski definition) is 2. The maximum absolute atomic E-state index is 11.7. The molecular weight excluding hydrogens is 316 g/mol. The molecule has 0 atom stereocenters. The van der Waals surface area contributed by atoms with Crippen LogP contribution < -0.4 is 11.1 Å². The first-order valence-corrected chi connectivity index (χ1v) is 7.25. The van der Waals surface area contributed by atoms with Crippen LogP contribution in [0.1, 0.15) is 32.1 Å². The molecule has 0 heterocycles. The summed E-state index contributed by atoms with van der Waals surface area (Å²) in [6, 6.07) is 5.40. The first-order valence-electron chi connectivity index (χ1n) is 6.08. The molecule has 0 radical (unpaired) electrons. The molecule has 5 heteroatoms. The number of nitrogens with one attached hydrogen (secondary N) is 1. The van der Waals surface area contributed by atoms with Gasteiger partial charge >= 0.3 is 0 Å². The minimum atomic E-state index is 0.00645. The Balaban J connectivity index is 2.31. The van der Waals surface area contributed by atoms with E-state index in [1.165, 1.54) is 0 Å². The lowest BCUT2D eigenvalue weighted by Crippen LogP contribution is -2.11. The van der Waals surface area contributed by atoms with Crippen molar-refractivity contribution in [3.05, 3.63) is 27.7 Å². The van der Waals surface area contributed by atoms with Crippen molar-refractivity contribution in [2.45, 2.75) is 32.1 Å². The summed E-state index contributed by atoms with van der Waals surface area (Å²) in [4.78, 5) is 11.7. The van der Waals surface area contributed by atoms with E-state index in [-0.39, 0.29) is 5.91 Å². The van der Waals surface area contributed by atoms with Crippen molar-refractivity contribution in [2.24, 2.45) is 5.73 Å². The standard InChI is InChI=1S/C13H18BrClN2O/c14-10-6-7-12(11(15)9-10)17-13(18)5-3-1-2-4-8-16/h6-7,9H,1-5,8,16H2,(H,17,18). The SMILES string of the molecule is NCCCCCCC(=O)Nc1ccc(Br)cc1Cl. The van der Waals surface area contributed by atoms with Gasteiger partial charge < -0.3 is 11.1 Å². The lowest BCUT2D eigenvalue weighted by atomic mass is 10.1. The van der Waals surface area contributed by atoms with E-state index >= 15 is 0 Å². The lowest BCUT2D eigenvalue weighted by molar-refractivity contribution is -0.116. The number of carbonyl (C=O) groups is 1. The Morgan fingerprint density at radius 1 is 1.28 bits per heavy atom. The summed E-state index contributed by atoms with van der Waals surface area (Å²) in [5, 5.41) is 3.35. The quantitative estimate of drug-likeness (QED) is 0.742. The normalized spacial score (nSPS) is 10.4. The van der Waals surface area contributed by atoms with Gasteiger partial charge in [-0.2, -0.15) is 0 Å². The van der Waals surface area contributed by atoms with Crippen LogP contribution in [0, 0.1) is 0 Å². The number of nitrogens with two attached hydrogens (primary N) is 1.